The molecule has 1 nitrogen and oxygen atoms in total. The molecule has 0 aromatic heterocycles. The van der Waals surface area contributed by atoms with Crippen LogP contribution < -0.4 is 5.73 Å². The molecule has 0 aliphatic heterocycles. The van der Waals surface area contributed by atoms with E-state index in [1.54, 1.807) is 6.92 Å². The summed E-state index contributed by atoms with van der Waals surface area (Å²) in [6.07, 6.45) is -4.23. The molecule has 0 unspecified atom stereocenters. The highest BCUT2D eigenvalue weighted by molar-refractivity contribution is 6.30. The number of nitrogens with two attached hydrogens (primary N) is 1. The van der Waals surface area contributed by atoms with Gasteiger partial charge in [0, 0.05) is 11.6 Å². The first-order chi connectivity index (χ1) is 7.27. The van der Waals surface area contributed by atoms with Gasteiger partial charge in [0.05, 0.1) is 10.6 Å². The Morgan fingerprint density at radius 2 is 1.94 bits per heavy atom. The maximum absolute atomic E-state index is 13.4. The predicted molar refractivity (Wildman–Crippen MR) is 53.6 cm³/mol. The standard InChI is InChI=1S/C10H10ClF4N/c1-2-8(16)6-3-5(10(13,14)15)4-7(11)9(6)12/h3-4,8H,2,16H2,1H3/t8-/m0/s1. The Balaban J connectivity index is 3.33. The van der Waals surface area contributed by atoms with Gasteiger partial charge in [-0.15, -0.1) is 0 Å². The average Bonchev–Trinajstić information content (AvgIpc) is 2.19. The van der Waals surface area contributed by atoms with Gasteiger partial charge in [0.2, 0.25) is 0 Å². The summed E-state index contributed by atoms with van der Waals surface area (Å²) in [5.41, 5.74) is 4.32. The molecule has 16 heavy (non-hydrogen) atoms. The van der Waals surface area contributed by atoms with Crippen LogP contribution in [0.25, 0.3) is 0 Å². The molecule has 1 aromatic rings. The maximum Gasteiger partial charge on any atom is 0.416 e. The molecule has 0 saturated heterocycles. The molecule has 90 valence electrons. The lowest BCUT2D eigenvalue weighted by molar-refractivity contribution is -0.137. The molecule has 0 aliphatic carbocycles. The zero-order valence-corrected chi connectivity index (χ0v) is 9.16. The third-order valence-corrected chi connectivity index (χ3v) is 2.50. The molecule has 0 aliphatic rings. The average molecular weight is 256 g/mol. The highest BCUT2D eigenvalue weighted by Crippen LogP contribution is 2.35. The van der Waals surface area contributed by atoms with Crippen molar-refractivity contribution in [2.75, 3.05) is 0 Å². The summed E-state index contributed by atoms with van der Waals surface area (Å²) >= 11 is 5.40. The summed E-state index contributed by atoms with van der Waals surface area (Å²) in [6.45, 7) is 1.65. The van der Waals surface area contributed by atoms with Crippen LogP contribution in [0.15, 0.2) is 12.1 Å². The Morgan fingerprint density at radius 1 is 1.38 bits per heavy atom. The predicted octanol–water partition coefficient (Wildman–Crippen LogP) is 3.91. The van der Waals surface area contributed by atoms with E-state index >= 15 is 0 Å². The van der Waals surface area contributed by atoms with E-state index in [1.807, 2.05) is 0 Å². The third-order valence-electron chi connectivity index (χ3n) is 2.22. The Bertz CT molecular complexity index is 389. The van der Waals surface area contributed by atoms with Crippen LogP contribution >= 0.6 is 11.6 Å². The van der Waals surface area contributed by atoms with Gasteiger partial charge >= 0.3 is 6.18 Å². The van der Waals surface area contributed by atoms with Crippen molar-refractivity contribution in [3.8, 4) is 0 Å². The van der Waals surface area contributed by atoms with Gasteiger partial charge in [0.25, 0.3) is 0 Å². The Hall–Kier alpha value is -0.810. The fourth-order valence-corrected chi connectivity index (χ4v) is 1.49. The summed E-state index contributed by atoms with van der Waals surface area (Å²) in [6, 6.07) is 0.470. The summed E-state index contributed by atoms with van der Waals surface area (Å²) < 4.78 is 50.7. The summed E-state index contributed by atoms with van der Waals surface area (Å²) in [5.74, 6) is -0.885. The smallest absolute Gasteiger partial charge is 0.324 e. The first-order valence-electron chi connectivity index (χ1n) is 4.59. The molecule has 1 rings (SSSR count). The molecular weight excluding hydrogens is 246 g/mol. The highest BCUT2D eigenvalue weighted by atomic mass is 35.5. The van der Waals surface area contributed by atoms with Crippen LogP contribution in [0.4, 0.5) is 17.6 Å². The fourth-order valence-electron chi connectivity index (χ4n) is 1.26. The van der Waals surface area contributed by atoms with Crippen LogP contribution in [0, 0.1) is 5.82 Å². The molecule has 0 heterocycles. The van der Waals surface area contributed by atoms with E-state index in [1.165, 1.54) is 0 Å². The van der Waals surface area contributed by atoms with Gasteiger partial charge < -0.3 is 5.73 Å². The van der Waals surface area contributed by atoms with Crippen LogP contribution in [0.5, 0.6) is 0 Å². The van der Waals surface area contributed by atoms with Crippen LogP contribution in [0.1, 0.15) is 30.5 Å². The van der Waals surface area contributed by atoms with Crippen molar-refractivity contribution >= 4 is 11.6 Å². The van der Waals surface area contributed by atoms with E-state index in [0.717, 1.165) is 0 Å². The largest absolute Gasteiger partial charge is 0.416 e. The zero-order chi connectivity index (χ0) is 12.5. The number of rotatable bonds is 2. The first kappa shape index (κ1) is 13.3. The van der Waals surface area contributed by atoms with Gasteiger partial charge in [-0.25, -0.2) is 4.39 Å². The fraction of sp³-hybridized carbons (Fsp3) is 0.400. The van der Waals surface area contributed by atoms with Crippen molar-refractivity contribution < 1.29 is 17.6 Å². The van der Waals surface area contributed by atoms with E-state index in [4.69, 9.17) is 17.3 Å². The third kappa shape index (κ3) is 2.65. The lowest BCUT2D eigenvalue weighted by atomic mass is 10.0. The molecule has 0 fully saturated rings. The Labute approximate surface area is 95.2 Å². The minimum absolute atomic E-state index is 0.206. The zero-order valence-electron chi connectivity index (χ0n) is 8.41. The van der Waals surface area contributed by atoms with E-state index in [0.29, 0.717) is 18.6 Å². The van der Waals surface area contributed by atoms with Crippen molar-refractivity contribution in [2.24, 2.45) is 5.73 Å². The summed E-state index contributed by atoms with van der Waals surface area (Å²) in [4.78, 5) is 0. The quantitative estimate of drug-likeness (QED) is 0.797. The lowest BCUT2D eigenvalue weighted by Crippen LogP contribution is -2.14. The Kier molecular flexibility index (Phi) is 3.80. The molecule has 0 spiro atoms. The molecule has 1 aromatic carbocycles. The van der Waals surface area contributed by atoms with Crippen molar-refractivity contribution in [3.05, 3.63) is 34.1 Å². The molecule has 6 heteroatoms. The topological polar surface area (TPSA) is 26.0 Å². The second-order valence-electron chi connectivity index (χ2n) is 3.37. The number of alkyl halides is 3. The van der Waals surface area contributed by atoms with Gasteiger partial charge in [-0.1, -0.05) is 18.5 Å². The van der Waals surface area contributed by atoms with Crippen LogP contribution in [0.2, 0.25) is 5.02 Å². The Morgan fingerprint density at radius 3 is 2.38 bits per heavy atom. The van der Waals surface area contributed by atoms with E-state index < -0.39 is 28.6 Å². The molecule has 0 saturated carbocycles. The van der Waals surface area contributed by atoms with Crippen molar-refractivity contribution in [2.45, 2.75) is 25.6 Å². The first-order valence-corrected chi connectivity index (χ1v) is 4.96. The van der Waals surface area contributed by atoms with E-state index in [-0.39, 0.29) is 5.56 Å². The molecule has 0 amide bonds. The summed E-state index contributed by atoms with van der Waals surface area (Å²) in [5, 5.41) is -0.561. The molecular formula is C10H10ClF4N. The number of hydrogen-bond donors (Lipinski definition) is 1. The SMILES string of the molecule is CC[C@H](N)c1cc(C(F)(F)F)cc(Cl)c1F. The van der Waals surface area contributed by atoms with Gasteiger partial charge in [-0.3, -0.25) is 0 Å². The second-order valence-corrected chi connectivity index (χ2v) is 3.78. The normalized spacial score (nSPS) is 13.9. The number of benzene rings is 1. The lowest BCUT2D eigenvalue weighted by Gasteiger charge is -2.15. The van der Waals surface area contributed by atoms with Crippen LogP contribution in [-0.2, 0) is 6.18 Å². The van der Waals surface area contributed by atoms with Crippen molar-refractivity contribution in [1.29, 1.82) is 0 Å². The van der Waals surface area contributed by atoms with Gasteiger partial charge in [-0.2, -0.15) is 13.2 Å². The summed E-state index contributed by atoms with van der Waals surface area (Å²) in [7, 11) is 0. The van der Waals surface area contributed by atoms with Gasteiger partial charge in [0.15, 0.2) is 0 Å². The highest BCUT2D eigenvalue weighted by Gasteiger charge is 2.32. The van der Waals surface area contributed by atoms with Gasteiger partial charge in [0.1, 0.15) is 5.82 Å². The van der Waals surface area contributed by atoms with Crippen molar-refractivity contribution in [3.63, 3.8) is 0 Å². The van der Waals surface area contributed by atoms with Gasteiger partial charge in [-0.05, 0) is 18.6 Å². The second kappa shape index (κ2) is 4.59. The molecule has 0 bridgehead atoms. The minimum Gasteiger partial charge on any atom is -0.324 e. The van der Waals surface area contributed by atoms with E-state index in [2.05, 4.69) is 0 Å². The van der Waals surface area contributed by atoms with Crippen molar-refractivity contribution in [1.82, 2.24) is 0 Å². The van der Waals surface area contributed by atoms with Crippen LogP contribution in [0.3, 0.4) is 0 Å². The molecule has 2 N–H and O–H groups in total. The van der Waals surface area contributed by atoms with Crippen LogP contribution in [-0.4, -0.2) is 0 Å². The number of hydrogen-bond acceptors (Lipinski definition) is 1. The number of halogens is 5. The molecule has 1 atom stereocenters. The maximum atomic E-state index is 13.4. The monoisotopic (exact) mass is 255 g/mol. The van der Waals surface area contributed by atoms with E-state index in [9.17, 15) is 17.6 Å². The minimum atomic E-state index is -4.56. The molecule has 0 radical (unpaired) electrons.